The van der Waals surface area contributed by atoms with Gasteiger partial charge in [0.05, 0.1) is 6.04 Å². The van der Waals surface area contributed by atoms with Gasteiger partial charge < -0.3 is 10.6 Å². The summed E-state index contributed by atoms with van der Waals surface area (Å²) < 4.78 is 13.6. The average Bonchev–Trinajstić information content (AvgIpc) is 2.49. The molecule has 0 radical (unpaired) electrons. The Bertz CT molecular complexity index is 601. The lowest BCUT2D eigenvalue weighted by Gasteiger charge is -2.21. The second-order valence-electron chi connectivity index (χ2n) is 5.08. The second kappa shape index (κ2) is 6.99. The number of halogens is 1. The summed E-state index contributed by atoms with van der Waals surface area (Å²) in [5, 5.41) is 0. The topological polar surface area (TPSA) is 46.3 Å². The Kier molecular flexibility index (Phi) is 5.06. The summed E-state index contributed by atoms with van der Waals surface area (Å²) in [5.74, 6) is -0.504. The molecular weight excluding hydrogens is 267 g/mol. The first-order valence-electron chi connectivity index (χ1n) is 6.86. The van der Waals surface area contributed by atoms with Gasteiger partial charge in [-0.2, -0.15) is 0 Å². The van der Waals surface area contributed by atoms with Crippen LogP contribution in [-0.2, 0) is 17.8 Å². The highest BCUT2D eigenvalue weighted by Gasteiger charge is 2.19. The van der Waals surface area contributed by atoms with Gasteiger partial charge in [0.25, 0.3) is 0 Å². The summed E-state index contributed by atoms with van der Waals surface area (Å²) in [6.45, 7) is 0.216. The lowest BCUT2D eigenvalue weighted by Crippen LogP contribution is -2.42. The summed E-state index contributed by atoms with van der Waals surface area (Å²) in [7, 11) is 1.64. The number of nitrogens with two attached hydrogens (primary N) is 1. The van der Waals surface area contributed by atoms with E-state index in [1.807, 2.05) is 30.3 Å². The maximum Gasteiger partial charge on any atom is 0.239 e. The van der Waals surface area contributed by atoms with Crippen LogP contribution in [0.3, 0.4) is 0 Å². The molecule has 4 heteroatoms. The molecule has 2 rings (SSSR count). The fourth-order valence-electron chi connectivity index (χ4n) is 2.20. The lowest BCUT2D eigenvalue weighted by atomic mass is 10.1. The standard InChI is InChI=1S/C17H19FN2O/c1-20(12-14-9-5-6-10-15(14)18)17(21)16(19)11-13-7-3-2-4-8-13/h2-10,16H,11-12,19H2,1H3. The number of rotatable bonds is 5. The molecule has 0 heterocycles. The van der Waals surface area contributed by atoms with Gasteiger partial charge in [-0.15, -0.1) is 0 Å². The molecule has 2 aromatic carbocycles. The van der Waals surface area contributed by atoms with Gasteiger partial charge in [0, 0.05) is 19.2 Å². The summed E-state index contributed by atoms with van der Waals surface area (Å²) in [5.41, 5.74) is 7.45. The van der Waals surface area contributed by atoms with Gasteiger partial charge in [0.1, 0.15) is 5.82 Å². The van der Waals surface area contributed by atoms with Crippen LogP contribution in [0.25, 0.3) is 0 Å². The molecule has 0 spiro atoms. The maximum absolute atomic E-state index is 13.6. The number of carbonyl (C=O) groups excluding carboxylic acids is 1. The molecule has 0 aliphatic heterocycles. The van der Waals surface area contributed by atoms with E-state index in [4.69, 9.17) is 5.73 Å². The number of likely N-dealkylation sites (N-methyl/N-ethyl adjacent to an activating group) is 1. The largest absolute Gasteiger partial charge is 0.340 e. The van der Waals surface area contributed by atoms with Crippen molar-refractivity contribution in [3.8, 4) is 0 Å². The molecule has 0 saturated carbocycles. The van der Waals surface area contributed by atoms with E-state index < -0.39 is 6.04 Å². The zero-order chi connectivity index (χ0) is 15.2. The summed E-state index contributed by atoms with van der Waals surface area (Å²) in [6.07, 6.45) is 0.473. The molecule has 1 amide bonds. The van der Waals surface area contributed by atoms with Crippen molar-refractivity contribution in [2.45, 2.75) is 19.0 Å². The monoisotopic (exact) mass is 286 g/mol. The molecule has 0 aliphatic rings. The van der Waals surface area contributed by atoms with Gasteiger partial charge in [0.15, 0.2) is 0 Å². The highest BCUT2D eigenvalue weighted by molar-refractivity contribution is 5.81. The van der Waals surface area contributed by atoms with Crippen molar-refractivity contribution in [1.82, 2.24) is 4.90 Å². The number of carbonyl (C=O) groups is 1. The molecule has 0 bridgehead atoms. The Hall–Kier alpha value is -2.20. The van der Waals surface area contributed by atoms with Crippen molar-refractivity contribution >= 4 is 5.91 Å². The third kappa shape index (κ3) is 4.13. The van der Waals surface area contributed by atoms with E-state index >= 15 is 0 Å². The normalized spacial score (nSPS) is 12.0. The van der Waals surface area contributed by atoms with Crippen molar-refractivity contribution < 1.29 is 9.18 Å². The van der Waals surface area contributed by atoms with Gasteiger partial charge in [-0.05, 0) is 18.1 Å². The van der Waals surface area contributed by atoms with E-state index in [0.29, 0.717) is 12.0 Å². The van der Waals surface area contributed by atoms with Crippen LogP contribution < -0.4 is 5.73 Å². The second-order valence-corrected chi connectivity index (χ2v) is 5.08. The molecule has 110 valence electrons. The number of benzene rings is 2. The number of hydrogen-bond acceptors (Lipinski definition) is 2. The fourth-order valence-corrected chi connectivity index (χ4v) is 2.20. The molecule has 1 atom stereocenters. The van der Waals surface area contributed by atoms with Crippen molar-refractivity contribution in [3.05, 3.63) is 71.5 Å². The number of hydrogen-bond donors (Lipinski definition) is 1. The van der Waals surface area contributed by atoms with E-state index in [-0.39, 0.29) is 18.3 Å². The Balaban J connectivity index is 1.97. The SMILES string of the molecule is CN(Cc1ccccc1F)C(=O)C(N)Cc1ccccc1. The van der Waals surface area contributed by atoms with Gasteiger partial charge in [0.2, 0.25) is 5.91 Å². The third-order valence-corrected chi connectivity index (χ3v) is 3.36. The number of nitrogens with zero attached hydrogens (tertiary/aromatic N) is 1. The minimum absolute atomic E-state index is 0.192. The van der Waals surface area contributed by atoms with Crippen LogP contribution in [0.2, 0.25) is 0 Å². The van der Waals surface area contributed by atoms with E-state index in [9.17, 15) is 9.18 Å². The molecule has 21 heavy (non-hydrogen) atoms. The van der Waals surface area contributed by atoms with Crippen molar-refractivity contribution in [1.29, 1.82) is 0 Å². The third-order valence-electron chi connectivity index (χ3n) is 3.36. The van der Waals surface area contributed by atoms with Crippen molar-refractivity contribution in [2.75, 3.05) is 7.05 Å². The predicted molar refractivity (Wildman–Crippen MR) is 81.0 cm³/mol. The lowest BCUT2D eigenvalue weighted by molar-refractivity contribution is -0.131. The van der Waals surface area contributed by atoms with Gasteiger partial charge in [-0.3, -0.25) is 4.79 Å². The smallest absolute Gasteiger partial charge is 0.239 e. The van der Waals surface area contributed by atoms with Gasteiger partial charge in [-0.25, -0.2) is 4.39 Å². The van der Waals surface area contributed by atoms with E-state index in [0.717, 1.165) is 5.56 Å². The first-order valence-corrected chi connectivity index (χ1v) is 6.86. The maximum atomic E-state index is 13.6. The molecular formula is C17H19FN2O. The van der Waals surface area contributed by atoms with Gasteiger partial charge in [-0.1, -0.05) is 48.5 Å². The molecule has 0 saturated heterocycles. The zero-order valence-corrected chi connectivity index (χ0v) is 12.0. The molecule has 0 fully saturated rings. The first-order chi connectivity index (χ1) is 10.1. The Morgan fingerprint density at radius 2 is 1.76 bits per heavy atom. The molecule has 2 aromatic rings. The Morgan fingerprint density at radius 1 is 1.14 bits per heavy atom. The van der Waals surface area contributed by atoms with Crippen molar-refractivity contribution in [3.63, 3.8) is 0 Å². The van der Waals surface area contributed by atoms with E-state index in [1.54, 1.807) is 25.2 Å². The van der Waals surface area contributed by atoms with Crippen LogP contribution in [0.5, 0.6) is 0 Å². The highest BCUT2D eigenvalue weighted by Crippen LogP contribution is 2.10. The minimum Gasteiger partial charge on any atom is -0.340 e. The average molecular weight is 286 g/mol. The summed E-state index contributed by atoms with van der Waals surface area (Å²) >= 11 is 0. The molecule has 1 unspecified atom stereocenters. The van der Waals surface area contributed by atoms with Crippen LogP contribution in [0.4, 0.5) is 4.39 Å². The minimum atomic E-state index is -0.621. The predicted octanol–water partition coefficient (Wildman–Crippen LogP) is 2.35. The van der Waals surface area contributed by atoms with E-state index in [1.165, 1.54) is 11.0 Å². The molecule has 2 N–H and O–H groups in total. The van der Waals surface area contributed by atoms with Gasteiger partial charge >= 0.3 is 0 Å². The van der Waals surface area contributed by atoms with Crippen LogP contribution in [-0.4, -0.2) is 23.9 Å². The van der Waals surface area contributed by atoms with Crippen LogP contribution in [0, 0.1) is 5.82 Å². The van der Waals surface area contributed by atoms with Crippen LogP contribution in [0.1, 0.15) is 11.1 Å². The fraction of sp³-hybridized carbons (Fsp3) is 0.235. The van der Waals surface area contributed by atoms with Crippen LogP contribution >= 0.6 is 0 Å². The molecule has 0 aromatic heterocycles. The van der Waals surface area contributed by atoms with E-state index in [2.05, 4.69) is 0 Å². The summed E-state index contributed by atoms with van der Waals surface area (Å²) in [4.78, 5) is 13.7. The zero-order valence-electron chi connectivity index (χ0n) is 12.0. The van der Waals surface area contributed by atoms with Crippen molar-refractivity contribution in [2.24, 2.45) is 5.73 Å². The first kappa shape index (κ1) is 15.2. The Morgan fingerprint density at radius 3 is 2.43 bits per heavy atom. The quantitative estimate of drug-likeness (QED) is 0.917. The summed E-state index contributed by atoms with van der Waals surface area (Å²) in [6, 6.07) is 15.4. The highest BCUT2D eigenvalue weighted by atomic mass is 19.1. The van der Waals surface area contributed by atoms with Crippen LogP contribution in [0.15, 0.2) is 54.6 Å². The Labute approximate surface area is 124 Å². The number of amides is 1. The molecule has 0 aliphatic carbocycles. The molecule has 3 nitrogen and oxygen atoms in total.